The minimum atomic E-state index is -2.03. The van der Waals surface area contributed by atoms with E-state index in [-0.39, 0.29) is 11.4 Å². The van der Waals surface area contributed by atoms with E-state index in [0.29, 0.717) is 0 Å². The summed E-state index contributed by atoms with van der Waals surface area (Å²) in [5.41, 5.74) is 4.92. The number of nitrogens with zero attached hydrogens (tertiary/aromatic N) is 1. The van der Waals surface area contributed by atoms with Crippen molar-refractivity contribution in [2.24, 2.45) is 0 Å². The SMILES string of the molecule is Nc1ncc(C(O)C(O)C(=O)O)cc1F. The fraction of sp³-hybridized carbons (Fsp3) is 0.250. The van der Waals surface area contributed by atoms with Gasteiger partial charge < -0.3 is 21.1 Å². The highest BCUT2D eigenvalue weighted by atomic mass is 19.1. The lowest BCUT2D eigenvalue weighted by Gasteiger charge is -2.13. The fourth-order valence-corrected chi connectivity index (χ4v) is 0.942. The number of carboxylic acids is 1. The molecule has 1 aromatic heterocycles. The van der Waals surface area contributed by atoms with Gasteiger partial charge in [-0.1, -0.05) is 0 Å². The van der Waals surface area contributed by atoms with Crippen molar-refractivity contribution in [1.82, 2.24) is 4.98 Å². The molecule has 0 aromatic carbocycles. The van der Waals surface area contributed by atoms with Gasteiger partial charge in [0.15, 0.2) is 17.7 Å². The molecule has 1 rings (SSSR count). The highest BCUT2D eigenvalue weighted by Gasteiger charge is 2.25. The van der Waals surface area contributed by atoms with Crippen LogP contribution in [0.4, 0.5) is 10.2 Å². The number of aliphatic hydroxyl groups excluding tert-OH is 2. The Labute approximate surface area is 83.8 Å². The largest absolute Gasteiger partial charge is 0.479 e. The van der Waals surface area contributed by atoms with Crippen molar-refractivity contribution in [2.75, 3.05) is 5.73 Å². The van der Waals surface area contributed by atoms with E-state index in [1.807, 2.05) is 0 Å². The Bertz CT molecular complexity index is 385. The first kappa shape index (κ1) is 11.3. The molecule has 0 aliphatic carbocycles. The molecule has 1 heterocycles. The summed E-state index contributed by atoms with van der Waals surface area (Å²) in [5, 5.41) is 26.7. The van der Waals surface area contributed by atoms with Gasteiger partial charge in [-0.25, -0.2) is 14.2 Å². The fourth-order valence-electron chi connectivity index (χ4n) is 0.942. The smallest absolute Gasteiger partial charge is 0.335 e. The van der Waals surface area contributed by atoms with Gasteiger partial charge in [-0.05, 0) is 6.07 Å². The van der Waals surface area contributed by atoms with Gasteiger partial charge >= 0.3 is 5.97 Å². The molecular formula is C8H9FN2O4. The molecule has 2 atom stereocenters. The number of aliphatic carboxylic acids is 1. The second-order valence-corrected chi connectivity index (χ2v) is 2.86. The molecule has 82 valence electrons. The van der Waals surface area contributed by atoms with Crippen LogP contribution in [-0.2, 0) is 4.79 Å². The summed E-state index contributed by atoms with van der Waals surface area (Å²) in [6, 6.07) is 0.819. The molecule has 6 nitrogen and oxygen atoms in total. The molecule has 0 saturated carbocycles. The number of hydrogen-bond donors (Lipinski definition) is 4. The molecule has 0 aliphatic rings. The van der Waals surface area contributed by atoms with Crippen LogP contribution in [0.5, 0.6) is 0 Å². The molecule has 1 aromatic rings. The monoisotopic (exact) mass is 216 g/mol. The molecule has 0 fully saturated rings. The molecule has 0 saturated heterocycles. The number of anilines is 1. The summed E-state index contributed by atoms with van der Waals surface area (Å²) in [6.07, 6.45) is -2.78. The number of pyridine rings is 1. The molecule has 0 aliphatic heterocycles. The molecule has 0 bridgehead atoms. The summed E-state index contributed by atoms with van der Waals surface area (Å²) in [7, 11) is 0. The minimum Gasteiger partial charge on any atom is -0.479 e. The predicted molar refractivity (Wildman–Crippen MR) is 47.2 cm³/mol. The number of carboxylic acid groups (broad SMARTS) is 1. The van der Waals surface area contributed by atoms with E-state index in [1.54, 1.807) is 0 Å². The van der Waals surface area contributed by atoms with Crippen LogP contribution in [-0.4, -0.2) is 32.4 Å². The third kappa shape index (κ3) is 2.39. The number of rotatable bonds is 3. The standard InChI is InChI=1S/C8H9FN2O4/c9-4-1-3(2-11-7(4)10)5(12)6(13)8(14)15/h1-2,5-6,12-13H,(H2,10,11)(H,14,15). The lowest BCUT2D eigenvalue weighted by molar-refractivity contribution is -0.153. The number of halogens is 1. The Morgan fingerprint density at radius 2 is 2.13 bits per heavy atom. The van der Waals surface area contributed by atoms with E-state index in [2.05, 4.69) is 4.98 Å². The van der Waals surface area contributed by atoms with Crippen molar-refractivity contribution < 1.29 is 24.5 Å². The van der Waals surface area contributed by atoms with Crippen molar-refractivity contribution >= 4 is 11.8 Å². The maximum absolute atomic E-state index is 12.9. The van der Waals surface area contributed by atoms with Crippen LogP contribution in [0.1, 0.15) is 11.7 Å². The molecule has 0 amide bonds. The Morgan fingerprint density at radius 3 is 2.60 bits per heavy atom. The van der Waals surface area contributed by atoms with Crippen molar-refractivity contribution in [3.8, 4) is 0 Å². The Balaban J connectivity index is 2.96. The van der Waals surface area contributed by atoms with Crippen molar-refractivity contribution in [3.63, 3.8) is 0 Å². The summed E-state index contributed by atoms with van der Waals surface area (Å²) < 4.78 is 12.9. The zero-order chi connectivity index (χ0) is 11.6. The number of carbonyl (C=O) groups is 1. The van der Waals surface area contributed by atoms with Crippen LogP contribution in [0.15, 0.2) is 12.3 Å². The van der Waals surface area contributed by atoms with Crippen LogP contribution in [0, 0.1) is 5.82 Å². The molecule has 0 spiro atoms. The van der Waals surface area contributed by atoms with Crippen molar-refractivity contribution in [1.29, 1.82) is 0 Å². The summed E-state index contributed by atoms with van der Waals surface area (Å²) in [5.74, 6) is -2.86. The number of nitrogen functional groups attached to an aromatic ring is 1. The van der Waals surface area contributed by atoms with Gasteiger partial charge in [0.1, 0.15) is 6.10 Å². The van der Waals surface area contributed by atoms with Crippen LogP contribution in [0.3, 0.4) is 0 Å². The van der Waals surface area contributed by atoms with E-state index >= 15 is 0 Å². The number of hydrogen-bond acceptors (Lipinski definition) is 5. The predicted octanol–water partition coefficient (Wildman–Crippen LogP) is -0.718. The highest BCUT2D eigenvalue weighted by Crippen LogP contribution is 2.19. The maximum atomic E-state index is 12.9. The van der Waals surface area contributed by atoms with E-state index in [9.17, 15) is 14.3 Å². The van der Waals surface area contributed by atoms with Gasteiger partial charge in [0.25, 0.3) is 0 Å². The molecule has 0 radical (unpaired) electrons. The first-order valence-corrected chi connectivity index (χ1v) is 3.93. The first-order chi connectivity index (χ1) is 6.93. The average Bonchev–Trinajstić information content (AvgIpc) is 2.19. The van der Waals surface area contributed by atoms with Gasteiger partial charge in [0.2, 0.25) is 0 Å². The van der Waals surface area contributed by atoms with Crippen LogP contribution in [0.2, 0.25) is 0 Å². The zero-order valence-electron chi connectivity index (χ0n) is 7.46. The second kappa shape index (κ2) is 4.20. The minimum absolute atomic E-state index is 0.156. The maximum Gasteiger partial charge on any atom is 0.335 e. The van der Waals surface area contributed by atoms with Gasteiger partial charge in [-0.15, -0.1) is 0 Å². The van der Waals surface area contributed by atoms with Crippen molar-refractivity contribution in [3.05, 3.63) is 23.6 Å². The van der Waals surface area contributed by atoms with Crippen LogP contribution < -0.4 is 5.73 Å². The van der Waals surface area contributed by atoms with E-state index in [0.717, 1.165) is 12.3 Å². The Kier molecular flexibility index (Phi) is 3.17. The lowest BCUT2D eigenvalue weighted by Crippen LogP contribution is -2.27. The highest BCUT2D eigenvalue weighted by molar-refractivity contribution is 5.73. The van der Waals surface area contributed by atoms with E-state index < -0.39 is 24.0 Å². The third-order valence-corrected chi connectivity index (χ3v) is 1.78. The van der Waals surface area contributed by atoms with E-state index in [1.165, 1.54) is 0 Å². The normalized spacial score (nSPS) is 14.6. The number of aliphatic hydroxyl groups is 2. The first-order valence-electron chi connectivity index (χ1n) is 3.93. The summed E-state index contributed by atoms with van der Waals surface area (Å²) >= 11 is 0. The topological polar surface area (TPSA) is 117 Å². The third-order valence-electron chi connectivity index (χ3n) is 1.78. The Hall–Kier alpha value is -1.73. The van der Waals surface area contributed by atoms with Gasteiger partial charge in [0, 0.05) is 11.8 Å². The number of nitrogens with two attached hydrogens (primary N) is 1. The van der Waals surface area contributed by atoms with Gasteiger partial charge in [-0.3, -0.25) is 0 Å². The average molecular weight is 216 g/mol. The van der Waals surface area contributed by atoms with Crippen LogP contribution in [0.25, 0.3) is 0 Å². The van der Waals surface area contributed by atoms with Gasteiger partial charge in [-0.2, -0.15) is 0 Å². The van der Waals surface area contributed by atoms with Crippen molar-refractivity contribution in [2.45, 2.75) is 12.2 Å². The second-order valence-electron chi connectivity index (χ2n) is 2.86. The molecule has 15 heavy (non-hydrogen) atoms. The molecule has 7 heteroatoms. The molecular weight excluding hydrogens is 207 g/mol. The van der Waals surface area contributed by atoms with Crippen LogP contribution >= 0.6 is 0 Å². The quantitative estimate of drug-likeness (QED) is 0.529. The Morgan fingerprint density at radius 1 is 1.53 bits per heavy atom. The molecule has 5 N–H and O–H groups in total. The van der Waals surface area contributed by atoms with E-state index in [4.69, 9.17) is 15.9 Å². The summed E-state index contributed by atoms with van der Waals surface area (Å²) in [4.78, 5) is 13.7. The zero-order valence-corrected chi connectivity index (χ0v) is 7.46. The summed E-state index contributed by atoms with van der Waals surface area (Å²) in [6.45, 7) is 0. The lowest BCUT2D eigenvalue weighted by atomic mass is 10.1. The molecule has 2 unspecified atom stereocenters. The number of aromatic nitrogens is 1. The van der Waals surface area contributed by atoms with Gasteiger partial charge in [0.05, 0.1) is 0 Å².